The average Bonchev–Trinajstić information content (AvgIpc) is 3.09. The average molecular weight is 424 g/mol. The highest BCUT2D eigenvalue weighted by Crippen LogP contribution is 2.32. The van der Waals surface area contributed by atoms with Crippen molar-refractivity contribution in [2.45, 2.75) is 13.5 Å². The summed E-state index contributed by atoms with van der Waals surface area (Å²) in [5, 5.41) is 7.56. The first kappa shape index (κ1) is 19.7. The van der Waals surface area contributed by atoms with E-state index in [4.69, 9.17) is 16.3 Å². The molecule has 1 amide bonds. The normalized spacial score (nSPS) is 10.9. The number of anilines is 1. The maximum atomic E-state index is 12.6. The Bertz CT molecular complexity index is 1290. The second kappa shape index (κ2) is 8.00. The lowest BCUT2D eigenvalue weighted by Gasteiger charge is -2.13. The molecule has 0 bridgehead atoms. The monoisotopic (exact) mass is 423 g/mol. The largest absolute Gasteiger partial charge is 0.455 e. The van der Waals surface area contributed by atoms with Gasteiger partial charge in [0.25, 0.3) is 5.56 Å². The second-order valence-corrected chi connectivity index (χ2v) is 7.22. The zero-order valence-electron chi connectivity index (χ0n) is 16.3. The third-order valence-corrected chi connectivity index (χ3v) is 4.73. The van der Waals surface area contributed by atoms with Gasteiger partial charge in [-0.25, -0.2) is 4.98 Å². The molecular formula is C21H18ClN5O3. The van der Waals surface area contributed by atoms with Crippen LogP contribution in [0.25, 0.3) is 11.0 Å². The minimum absolute atomic E-state index is 0.215. The van der Waals surface area contributed by atoms with Gasteiger partial charge in [-0.15, -0.1) is 0 Å². The summed E-state index contributed by atoms with van der Waals surface area (Å²) in [6.45, 7) is 1.77. The van der Waals surface area contributed by atoms with Crippen molar-refractivity contribution in [2.75, 3.05) is 5.32 Å². The van der Waals surface area contributed by atoms with Crippen molar-refractivity contribution < 1.29 is 9.53 Å². The number of nitrogens with one attached hydrogen (secondary N) is 1. The maximum absolute atomic E-state index is 12.6. The molecule has 9 heteroatoms. The van der Waals surface area contributed by atoms with Crippen LogP contribution in [-0.2, 0) is 18.4 Å². The molecule has 152 valence electrons. The number of hydrogen-bond acceptors (Lipinski definition) is 5. The molecule has 0 atom stereocenters. The Morgan fingerprint density at radius 3 is 2.73 bits per heavy atom. The molecule has 0 saturated heterocycles. The Morgan fingerprint density at radius 1 is 1.20 bits per heavy atom. The first-order chi connectivity index (χ1) is 14.4. The van der Waals surface area contributed by atoms with Crippen molar-refractivity contribution in [1.82, 2.24) is 19.3 Å². The molecule has 0 spiro atoms. The van der Waals surface area contributed by atoms with Gasteiger partial charge in [-0.1, -0.05) is 29.3 Å². The maximum Gasteiger partial charge on any atom is 0.264 e. The van der Waals surface area contributed by atoms with Crippen molar-refractivity contribution >= 4 is 34.2 Å². The zero-order chi connectivity index (χ0) is 21.3. The molecule has 0 radical (unpaired) electrons. The Hall–Kier alpha value is -3.65. The number of benzene rings is 2. The summed E-state index contributed by atoms with van der Waals surface area (Å²) in [6.07, 6.45) is 2.76. The number of ether oxygens (including phenoxy) is 1. The molecule has 8 nitrogen and oxygen atoms in total. The number of aromatic nitrogens is 4. The van der Waals surface area contributed by atoms with Gasteiger partial charge in [0.15, 0.2) is 11.4 Å². The number of rotatable bonds is 5. The first-order valence-corrected chi connectivity index (χ1v) is 9.49. The number of hydrogen-bond donors (Lipinski definition) is 1. The van der Waals surface area contributed by atoms with Crippen LogP contribution in [0, 0.1) is 6.92 Å². The standard InChI is InChI=1S/C21H18ClN5O3/c1-13-3-6-15(7-4-13)30-18-8-5-14(22)9-17(18)25-19(28)11-27-12-23-20-16(21(27)29)10-24-26(20)2/h3-10,12H,11H2,1-2H3,(H,25,28). The molecule has 0 aliphatic rings. The number of carbonyl (C=O) groups is 1. The predicted molar refractivity (Wildman–Crippen MR) is 114 cm³/mol. The minimum Gasteiger partial charge on any atom is -0.455 e. The lowest BCUT2D eigenvalue weighted by Crippen LogP contribution is -2.28. The first-order valence-electron chi connectivity index (χ1n) is 9.12. The molecule has 2 heterocycles. The summed E-state index contributed by atoms with van der Waals surface area (Å²) in [6, 6.07) is 12.5. The van der Waals surface area contributed by atoms with Crippen LogP contribution in [0.2, 0.25) is 5.02 Å². The van der Waals surface area contributed by atoms with Crippen molar-refractivity contribution in [2.24, 2.45) is 7.05 Å². The van der Waals surface area contributed by atoms with E-state index in [9.17, 15) is 9.59 Å². The van der Waals surface area contributed by atoms with Crippen molar-refractivity contribution in [1.29, 1.82) is 0 Å². The third kappa shape index (κ3) is 4.04. The molecule has 0 aliphatic carbocycles. The SMILES string of the molecule is Cc1ccc(Oc2ccc(Cl)cc2NC(=O)Cn2cnc3c(cnn3C)c2=O)cc1. The van der Waals surface area contributed by atoms with Crippen LogP contribution < -0.4 is 15.6 Å². The quantitative estimate of drug-likeness (QED) is 0.530. The van der Waals surface area contributed by atoms with Gasteiger partial charge in [-0.3, -0.25) is 18.8 Å². The minimum atomic E-state index is -0.418. The molecule has 2 aromatic carbocycles. The highest BCUT2D eigenvalue weighted by molar-refractivity contribution is 6.31. The van der Waals surface area contributed by atoms with Gasteiger partial charge < -0.3 is 10.1 Å². The summed E-state index contributed by atoms with van der Waals surface area (Å²) in [7, 11) is 1.69. The summed E-state index contributed by atoms with van der Waals surface area (Å²) >= 11 is 6.10. The predicted octanol–water partition coefficient (Wildman–Crippen LogP) is 3.52. The molecule has 0 saturated carbocycles. The molecule has 30 heavy (non-hydrogen) atoms. The van der Waals surface area contributed by atoms with E-state index in [2.05, 4.69) is 15.4 Å². The van der Waals surface area contributed by atoms with Gasteiger partial charge in [0.1, 0.15) is 24.0 Å². The molecule has 0 fully saturated rings. The molecule has 4 rings (SSSR count). The highest BCUT2D eigenvalue weighted by Gasteiger charge is 2.14. The number of halogens is 1. The number of amides is 1. The fourth-order valence-corrected chi connectivity index (χ4v) is 3.12. The van der Waals surface area contributed by atoms with Crippen LogP contribution in [0.15, 0.2) is 59.8 Å². The Labute approximate surface area is 176 Å². The van der Waals surface area contributed by atoms with Gasteiger partial charge in [-0.2, -0.15) is 5.10 Å². The van der Waals surface area contributed by atoms with E-state index < -0.39 is 5.91 Å². The molecule has 0 aliphatic heterocycles. The van der Waals surface area contributed by atoms with Crippen LogP contribution in [0.4, 0.5) is 5.69 Å². The van der Waals surface area contributed by atoms with Crippen LogP contribution in [-0.4, -0.2) is 25.2 Å². The Balaban J connectivity index is 1.56. The summed E-state index contributed by atoms with van der Waals surface area (Å²) in [5.74, 6) is 0.642. The van der Waals surface area contributed by atoms with Gasteiger partial charge in [0.05, 0.1) is 11.9 Å². The van der Waals surface area contributed by atoms with Crippen LogP contribution in [0.1, 0.15) is 5.56 Å². The van der Waals surface area contributed by atoms with Crippen LogP contribution in [0.5, 0.6) is 11.5 Å². The zero-order valence-corrected chi connectivity index (χ0v) is 17.1. The summed E-state index contributed by atoms with van der Waals surface area (Å²) in [5.41, 5.74) is 1.62. The van der Waals surface area contributed by atoms with E-state index in [1.54, 1.807) is 25.2 Å². The summed E-state index contributed by atoms with van der Waals surface area (Å²) < 4.78 is 8.62. The van der Waals surface area contributed by atoms with Gasteiger partial charge >= 0.3 is 0 Å². The van der Waals surface area contributed by atoms with Crippen LogP contribution >= 0.6 is 11.6 Å². The highest BCUT2D eigenvalue weighted by atomic mass is 35.5. The number of aryl methyl sites for hydroxylation is 2. The molecule has 0 unspecified atom stereocenters. The van der Waals surface area contributed by atoms with Gasteiger partial charge in [0, 0.05) is 12.1 Å². The fraction of sp³-hybridized carbons (Fsp3) is 0.143. The van der Waals surface area contributed by atoms with Crippen molar-refractivity contribution in [3.63, 3.8) is 0 Å². The van der Waals surface area contributed by atoms with Gasteiger partial charge in [0.2, 0.25) is 5.91 Å². The number of nitrogens with zero attached hydrogens (tertiary/aromatic N) is 4. The lowest BCUT2D eigenvalue weighted by molar-refractivity contribution is -0.116. The van der Waals surface area contributed by atoms with Gasteiger partial charge in [-0.05, 0) is 37.3 Å². The topological polar surface area (TPSA) is 91.0 Å². The number of fused-ring (bicyclic) bond motifs is 1. The smallest absolute Gasteiger partial charge is 0.264 e. The lowest BCUT2D eigenvalue weighted by atomic mass is 10.2. The molecule has 1 N–H and O–H groups in total. The molecule has 4 aromatic rings. The van der Waals surface area contributed by atoms with Crippen molar-refractivity contribution in [3.05, 3.63) is 75.9 Å². The molecule has 2 aromatic heterocycles. The number of carbonyl (C=O) groups excluding carboxylic acids is 1. The van der Waals surface area contributed by atoms with E-state index >= 15 is 0 Å². The Kier molecular flexibility index (Phi) is 5.24. The second-order valence-electron chi connectivity index (χ2n) is 6.79. The van der Waals surface area contributed by atoms with E-state index in [1.807, 2.05) is 31.2 Å². The van der Waals surface area contributed by atoms with E-state index in [0.717, 1.165) is 5.56 Å². The van der Waals surface area contributed by atoms with Crippen LogP contribution in [0.3, 0.4) is 0 Å². The summed E-state index contributed by atoms with van der Waals surface area (Å²) in [4.78, 5) is 29.4. The van der Waals surface area contributed by atoms with E-state index in [0.29, 0.717) is 33.2 Å². The molecular weight excluding hydrogens is 406 g/mol. The van der Waals surface area contributed by atoms with E-state index in [-0.39, 0.29) is 12.1 Å². The van der Waals surface area contributed by atoms with Crippen molar-refractivity contribution in [3.8, 4) is 11.5 Å². The fourth-order valence-electron chi connectivity index (χ4n) is 2.95. The van der Waals surface area contributed by atoms with E-state index in [1.165, 1.54) is 21.8 Å². The Morgan fingerprint density at radius 2 is 1.97 bits per heavy atom. The third-order valence-electron chi connectivity index (χ3n) is 4.50.